The largest absolute Gasteiger partial charge is 0.385 e. The summed E-state index contributed by atoms with van der Waals surface area (Å²) < 4.78 is 0. The van der Waals surface area contributed by atoms with Crippen LogP contribution in [-0.4, -0.2) is 67.4 Å². The van der Waals surface area contributed by atoms with Crippen molar-refractivity contribution in [2.75, 3.05) is 57.5 Å². The molecule has 36 heavy (non-hydrogen) atoms. The van der Waals surface area contributed by atoms with E-state index in [2.05, 4.69) is 115 Å². The number of aryl methyl sites for hydroxylation is 1. The van der Waals surface area contributed by atoms with E-state index in [4.69, 9.17) is 4.99 Å². The minimum Gasteiger partial charge on any atom is -0.385 e. The molecule has 0 unspecified atom stereocenters. The lowest BCUT2D eigenvalue weighted by Crippen LogP contribution is -2.45. The lowest BCUT2D eigenvalue weighted by atomic mass is 10.1. The maximum atomic E-state index is 5.26. The molecular weight excluding hydrogens is 444 g/mol. The van der Waals surface area contributed by atoms with Crippen LogP contribution in [0, 0.1) is 6.92 Å². The standard InChI is InChI=1S/C30H42N6/c1-6-25-19-27(34(4)5)21-29(32-26-14-13-23(3)28(20-26)31-7-2)33-30(25)36-17-15-35(16-18-36)22-24-11-9-8-10-12-24/h8-14,20-21,31H,6-7,15-19,22H2,1-5H3,(H,32,33). The predicted octanol–water partition coefficient (Wildman–Crippen LogP) is 5.53. The Labute approximate surface area is 217 Å². The predicted molar refractivity (Wildman–Crippen MR) is 153 cm³/mol. The van der Waals surface area contributed by atoms with Gasteiger partial charge in [-0.05, 0) is 49.1 Å². The smallest absolute Gasteiger partial charge is 0.134 e. The fourth-order valence-electron chi connectivity index (χ4n) is 4.85. The number of hydrogen-bond donors (Lipinski definition) is 2. The molecule has 4 rings (SSSR count). The van der Waals surface area contributed by atoms with E-state index in [1.807, 2.05) is 0 Å². The molecule has 0 bridgehead atoms. The molecule has 2 aliphatic rings. The Morgan fingerprint density at radius 1 is 0.972 bits per heavy atom. The second-order valence-corrected chi connectivity index (χ2v) is 9.92. The molecule has 0 spiro atoms. The van der Waals surface area contributed by atoms with Crippen molar-refractivity contribution < 1.29 is 0 Å². The third kappa shape index (κ3) is 6.49. The number of anilines is 2. The first-order valence-electron chi connectivity index (χ1n) is 13.3. The molecule has 2 heterocycles. The summed E-state index contributed by atoms with van der Waals surface area (Å²) >= 11 is 0. The molecule has 6 heteroatoms. The fourth-order valence-corrected chi connectivity index (χ4v) is 4.85. The summed E-state index contributed by atoms with van der Waals surface area (Å²) in [4.78, 5) is 12.5. The van der Waals surface area contributed by atoms with Gasteiger partial charge in [0.15, 0.2) is 0 Å². The Morgan fingerprint density at radius 2 is 1.72 bits per heavy atom. The van der Waals surface area contributed by atoms with Crippen molar-refractivity contribution in [3.8, 4) is 0 Å². The van der Waals surface area contributed by atoms with Crippen LogP contribution in [0.15, 0.2) is 76.7 Å². The molecule has 0 atom stereocenters. The van der Waals surface area contributed by atoms with E-state index in [-0.39, 0.29) is 0 Å². The SMILES string of the molecule is CCNc1cc(NC2=NC(N3CCN(Cc4ccccc4)CC3)=C(CC)CC(N(C)C)=C2)ccc1C. The molecule has 0 aliphatic carbocycles. The van der Waals surface area contributed by atoms with Gasteiger partial charge in [-0.2, -0.15) is 0 Å². The second-order valence-electron chi connectivity index (χ2n) is 9.92. The lowest BCUT2D eigenvalue weighted by Gasteiger charge is -2.37. The first-order chi connectivity index (χ1) is 17.5. The molecule has 0 aromatic heterocycles. The van der Waals surface area contributed by atoms with Crippen molar-refractivity contribution in [2.24, 2.45) is 4.99 Å². The van der Waals surface area contributed by atoms with Crippen LogP contribution in [0.2, 0.25) is 0 Å². The van der Waals surface area contributed by atoms with Crippen LogP contribution in [0.3, 0.4) is 0 Å². The van der Waals surface area contributed by atoms with Gasteiger partial charge in [-0.1, -0.05) is 43.3 Å². The number of allylic oxidation sites excluding steroid dienone is 1. The molecule has 0 saturated carbocycles. The monoisotopic (exact) mass is 486 g/mol. The van der Waals surface area contributed by atoms with Gasteiger partial charge in [0.1, 0.15) is 11.7 Å². The minimum atomic E-state index is 0.898. The van der Waals surface area contributed by atoms with Crippen molar-refractivity contribution >= 4 is 17.2 Å². The maximum absolute atomic E-state index is 5.26. The Morgan fingerprint density at radius 3 is 2.39 bits per heavy atom. The van der Waals surface area contributed by atoms with Gasteiger partial charge in [0.2, 0.25) is 0 Å². The van der Waals surface area contributed by atoms with E-state index >= 15 is 0 Å². The molecule has 192 valence electrons. The first-order valence-corrected chi connectivity index (χ1v) is 13.3. The first kappa shape index (κ1) is 25.8. The zero-order valence-electron chi connectivity index (χ0n) is 22.6. The summed E-state index contributed by atoms with van der Waals surface area (Å²) in [7, 11) is 4.25. The second kappa shape index (κ2) is 12.1. The quantitative estimate of drug-likeness (QED) is 0.514. The number of rotatable bonds is 8. The zero-order chi connectivity index (χ0) is 25.5. The lowest BCUT2D eigenvalue weighted by molar-refractivity contribution is 0.150. The molecule has 1 saturated heterocycles. The normalized spacial score (nSPS) is 16.9. The number of nitrogens with zero attached hydrogens (tertiary/aromatic N) is 4. The average Bonchev–Trinajstić information content (AvgIpc) is 3.07. The maximum Gasteiger partial charge on any atom is 0.134 e. The van der Waals surface area contributed by atoms with Crippen LogP contribution in [0.1, 0.15) is 37.8 Å². The average molecular weight is 487 g/mol. The van der Waals surface area contributed by atoms with Crippen molar-refractivity contribution in [3.05, 3.63) is 82.8 Å². The molecule has 0 amide bonds. The highest BCUT2D eigenvalue weighted by Gasteiger charge is 2.24. The molecule has 2 aliphatic heterocycles. The van der Waals surface area contributed by atoms with Crippen molar-refractivity contribution in [1.82, 2.24) is 14.7 Å². The number of amidine groups is 1. The third-order valence-corrected chi connectivity index (χ3v) is 7.04. The van der Waals surface area contributed by atoms with Gasteiger partial charge >= 0.3 is 0 Å². The molecule has 1 fully saturated rings. The van der Waals surface area contributed by atoms with E-state index in [0.717, 1.165) is 75.1 Å². The zero-order valence-corrected chi connectivity index (χ0v) is 22.6. The van der Waals surface area contributed by atoms with Gasteiger partial charge in [-0.25, -0.2) is 4.99 Å². The summed E-state index contributed by atoms with van der Waals surface area (Å²) in [6.45, 7) is 12.5. The van der Waals surface area contributed by atoms with Gasteiger partial charge in [0, 0.05) is 82.9 Å². The van der Waals surface area contributed by atoms with E-state index < -0.39 is 0 Å². The van der Waals surface area contributed by atoms with Crippen LogP contribution >= 0.6 is 0 Å². The molecule has 2 aromatic rings. The van der Waals surface area contributed by atoms with Crippen LogP contribution in [0.25, 0.3) is 0 Å². The number of nitrogens with one attached hydrogen (secondary N) is 2. The molecule has 2 aromatic carbocycles. The third-order valence-electron chi connectivity index (χ3n) is 7.04. The Bertz CT molecular complexity index is 1110. The topological polar surface area (TPSA) is 46.1 Å². The summed E-state index contributed by atoms with van der Waals surface area (Å²) in [6.07, 6.45) is 4.13. The van der Waals surface area contributed by atoms with Gasteiger partial charge in [0.05, 0.1) is 0 Å². The van der Waals surface area contributed by atoms with Crippen LogP contribution < -0.4 is 10.6 Å². The highest BCUT2D eigenvalue weighted by Crippen LogP contribution is 2.28. The van der Waals surface area contributed by atoms with Crippen LogP contribution in [0.4, 0.5) is 11.4 Å². The number of benzene rings is 2. The van der Waals surface area contributed by atoms with Gasteiger partial charge in [-0.15, -0.1) is 0 Å². The summed E-state index contributed by atoms with van der Waals surface area (Å²) in [5.74, 6) is 2.04. The highest BCUT2D eigenvalue weighted by atomic mass is 15.3. The van der Waals surface area contributed by atoms with Gasteiger partial charge in [0.25, 0.3) is 0 Å². The van der Waals surface area contributed by atoms with Gasteiger partial charge < -0.3 is 20.4 Å². The van der Waals surface area contributed by atoms with Crippen LogP contribution in [0.5, 0.6) is 0 Å². The number of piperazine rings is 1. The van der Waals surface area contributed by atoms with Crippen molar-refractivity contribution in [1.29, 1.82) is 0 Å². The molecular formula is C30H42N6. The summed E-state index contributed by atoms with van der Waals surface area (Å²) in [6, 6.07) is 17.3. The van der Waals surface area contributed by atoms with E-state index in [0.29, 0.717) is 0 Å². The van der Waals surface area contributed by atoms with E-state index in [9.17, 15) is 0 Å². The van der Waals surface area contributed by atoms with Crippen LogP contribution in [-0.2, 0) is 6.54 Å². The Kier molecular flexibility index (Phi) is 8.70. The highest BCUT2D eigenvalue weighted by molar-refractivity contribution is 6.05. The minimum absolute atomic E-state index is 0.898. The molecule has 2 N–H and O–H groups in total. The van der Waals surface area contributed by atoms with E-state index in [1.54, 1.807) is 0 Å². The van der Waals surface area contributed by atoms with Crippen molar-refractivity contribution in [3.63, 3.8) is 0 Å². The van der Waals surface area contributed by atoms with Crippen molar-refractivity contribution in [2.45, 2.75) is 40.2 Å². The fraction of sp³-hybridized carbons (Fsp3) is 0.433. The Hall–Kier alpha value is -3.25. The van der Waals surface area contributed by atoms with E-state index in [1.165, 1.54) is 22.4 Å². The Balaban J connectivity index is 1.56. The summed E-state index contributed by atoms with van der Waals surface area (Å²) in [5.41, 5.74) is 7.52. The molecule has 0 radical (unpaired) electrons. The molecule has 6 nitrogen and oxygen atoms in total. The van der Waals surface area contributed by atoms with Gasteiger partial charge in [-0.3, -0.25) is 4.90 Å². The number of hydrogen-bond acceptors (Lipinski definition) is 6. The summed E-state index contributed by atoms with van der Waals surface area (Å²) in [5, 5.41) is 7.09. The number of aliphatic imine (C=N–C) groups is 1.